The van der Waals surface area contributed by atoms with Crippen LogP contribution < -0.4 is 30.3 Å². The summed E-state index contributed by atoms with van der Waals surface area (Å²) in [4.78, 5) is 24.4. The number of phenolic OH excluding ortho intramolecular Hbond substituents is 1. The minimum absolute atomic E-state index is 0.0926. The highest BCUT2D eigenvalue weighted by Gasteiger charge is 2.32. The summed E-state index contributed by atoms with van der Waals surface area (Å²) < 4.78 is 21.3. The summed E-state index contributed by atoms with van der Waals surface area (Å²) in [5.41, 5.74) is 4.26. The number of carbonyl (C=O) groups is 2. The molecular weight excluding hydrogens is 520 g/mol. The molecule has 0 spiro atoms. The molecule has 5 N–H and O–H groups in total. The average Bonchev–Trinajstić information content (AvgIpc) is 2.89. The van der Waals surface area contributed by atoms with Crippen molar-refractivity contribution in [2.75, 3.05) is 27.4 Å². The second-order valence-electron chi connectivity index (χ2n) is 7.97. The van der Waals surface area contributed by atoms with Crippen LogP contribution in [0.1, 0.15) is 31.0 Å². The van der Waals surface area contributed by atoms with Crippen LogP contribution in [0.3, 0.4) is 0 Å². The van der Waals surface area contributed by atoms with Gasteiger partial charge < -0.3 is 39.8 Å². The normalized spacial score (nSPS) is 15.9. The van der Waals surface area contributed by atoms with Gasteiger partial charge >= 0.3 is 12.0 Å². The fourth-order valence-corrected chi connectivity index (χ4v) is 3.86. The molecule has 2 atom stereocenters. The molecule has 3 rings (SSSR count). The molecule has 0 fully saturated rings. The zero-order valence-corrected chi connectivity index (χ0v) is 22.0. The molecule has 2 aromatic rings. The van der Waals surface area contributed by atoms with Crippen molar-refractivity contribution in [2.24, 2.45) is 5.10 Å². The highest BCUT2D eigenvalue weighted by molar-refractivity contribution is 6.32. The van der Waals surface area contributed by atoms with E-state index in [1.165, 1.54) is 32.6 Å². The lowest BCUT2D eigenvalue weighted by Crippen LogP contribution is -2.45. The minimum Gasteiger partial charge on any atom is -0.503 e. The van der Waals surface area contributed by atoms with Crippen molar-refractivity contribution in [1.82, 2.24) is 16.1 Å². The molecule has 0 aromatic heterocycles. The number of aliphatic hydroxyl groups excluding tert-OH is 1. The number of phenols is 1. The number of hydrogen-bond acceptors (Lipinski definition) is 10. The molecule has 2 amide bonds. The summed E-state index contributed by atoms with van der Waals surface area (Å²) >= 11 is 5.96. The molecule has 12 nitrogen and oxygen atoms in total. The van der Waals surface area contributed by atoms with Gasteiger partial charge in [0.2, 0.25) is 0 Å². The maximum Gasteiger partial charge on any atom is 0.337 e. The number of nitrogens with one attached hydrogen (secondary N) is 3. The zero-order valence-electron chi connectivity index (χ0n) is 21.2. The van der Waals surface area contributed by atoms with E-state index in [1.54, 1.807) is 32.0 Å². The first-order chi connectivity index (χ1) is 18.2. The number of aromatic hydroxyl groups is 1. The van der Waals surface area contributed by atoms with Crippen molar-refractivity contribution < 1.29 is 38.7 Å². The van der Waals surface area contributed by atoms with Gasteiger partial charge in [0, 0.05) is 5.70 Å². The van der Waals surface area contributed by atoms with E-state index in [0.29, 0.717) is 34.9 Å². The third-order valence-corrected chi connectivity index (χ3v) is 5.67. The number of allylic oxidation sites excluding steroid dienone is 1. The van der Waals surface area contributed by atoms with Gasteiger partial charge in [0.05, 0.1) is 43.7 Å². The number of urea groups is 1. The Labute approximate surface area is 224 Å². The van der Waals surface area contributed by atoms with E-state index >= 15 is 0 Å². The van der Waals surface area contributed by atoms with Crippen LogP contribution in [-0.2, 0) is 9.53 Å². The molecule has 204 valence electrons. The van der Waals surface area contributed by atoms with Gasteiger partial charge in [0.25, 0.3) is 0 Å². The lowest BCUT2D eigenvalue weighted by molar-refractivity contribution is -0.136. The number of methoxy groups -OCH3 is 2. The molecule has 2 aromatic carbocycles. The van der Waals surface area contributed by atoms with Gasteiger partial charge in [-0.1, -0.05) is 17.7 Å². The number of amides is 2. The van der Waals surface area contributed by atoms with Crippen molar-refractivity contribution in [2.45, 2.75) is 26.1 Å². The second kappa shape index (κ2) is 12.9. The van der Waals surface area contributed by atoms with E-state index < -0.39 is 24.3 Å². The van der Waals surface area contributed by atoms with Gasteiger partial charge in [-0.05, 0) is 49.2 Å². The average molecular weight is 549 g/mol. The molecule has 1 aliphatic rings. The Hall–Kier alpha value is -4.16. The SMILES string of the molecule is CCOc1cc([C@H]2NC(=O)NC(C)=C2C(=O)OC)ccc1OC[C@H](O)N/N=C\c1cc(Cl)c(O)c(OC)c1. The van der Waals surface area contributed by atoms with Gasteiger partial charge in [0.15, 0.2) is 29.2 Å². The van der Waals surface area contributed by atoms with Crippen LogP contribution in [0.4, 0.5) is 4.79 Å². The molecule has 38 heavy (non-hydrogen) atoms. The Morgan fingerprint density at radius 3 is 2.66 bits per heavy atom. The zero-order chi connectivity index (χ0) is 27.8. The summed E-state index contributed by atoms with van der Waals surface area (Å²) in [5, 5.41) is 29.4. The predicted octanol–water partition coefficient (Wildman–Crippen LogP) is 2.57. The molecular formula is C25H29ClN4O8. The fourth-order valence-electron chi connectivity index (χ4n) is 3.64. The van der Waals surface area contributed by atoms with Gasteiger partial charge in [-0.3, -0.25) is 5.43 Å². The summed E-state index contributed by atoms with van der Waals surface area (Å²) in [7, 11) is 2.66. The number of carbonyl (C=O) groups excluding carboxylic acids is 2. The van der Waals surface area contributed by atoms with Gasteiger partial charge in [-0.15, -0.1) is 0 Å². The van der Waals surface area contributed by atoms with Crippen molar-refractivity contribution in [3.05, 3.63) is 57.8 Å². The van der Waals surface area contributed by atoms with Crippen LogP contribution in [0.2, 0.25) is 5.02 Å². The van der Waals surface area contributed by atoms with E-state index in [0.717, 1.165) is 0 Å². The Balaban J connectivity index is 1.70. The molecule has 0 radical (unpaired) electrons. The van der Waals surface area contributed by atoms with Crippen LogP contribution in [0, 0.1) is 0 Å². The van der Waals surface area contributed by atoms with Gasteiger partial charge in [-0.2, -0.15) is 5.10 Å². The molecule has 0 bridgehead atoms. The highest BCUT2D eigenvalue weighted by atomic mass is 35.5. The number of benzene rings is 2. The number of ether oxygens (including phenoxy) is 4. The molecule has 0 unspecified atom stereocenters. The Morgan fingerprint density at radius 2 is 1.97 bits per heavy atom. The third kappa shape index (κ3) is 6.78. The number of aliphatic hydroxyl groups is 1. The number of halogens is 1. The number of nitrogens with zero attached hydrogens (tertiary/aromatic N) is 1. The smallest absolute Gasteiger partial charge is 0.337 e. The summed E-state index contributed by atoms with van der Waals surface area (Å²) in [6.07, 6.45) is 0.203. The van der Waals surface area contributed by atoms with Crippen molar-refractivity contribution in [3.8, 4) is 23.0 Å². The van der Waals surface area contributed by atoms with E-state index in [-0.39, 0.29) is 28.7 Å². The van der Waals surface area contributed by atoms with Gasteiger partial charge in [-0.25, -0.2) is 9.59 Å². The summed E-state index contributed by atoms with van der Waals surface area (Å²) in [6.45, 7) is 3.54. The quantitative estimate of drug-likeness (QED) is 0.123. The maximum absolute atomic E-state index is 12.4. The molecule has 0 saturated carbocycles. The van der Waals surface area contributed by atoms with E-state index in [9.17, 15) is 19.8 Å². The summed E-state index contributed by atoms with van der Waals surface area (Å²) in [6, 6.07) is 6.71. The third-order valence-electron chi connectivity index (χ3n) is 5.38. The monoisotopic (exact) mass is 548 g/mol. The molecule has 1 aliphatic heterocycles. The van der Waals surface area contributed by atoms with Crippen molar-refractivity contribution in [3.63, 3.8) is 0 Å². The van der Waals surface area contributed by atoms with Crippen molar-refractivity contribution >= 4 is 29.8 Å². The Morgan fingerprint density at radius 1 is 1.21 bits per heavy atom. The van der Waals surface area contributed by atoms with Crippen molar-refractivity contribution in [1.29, 1.82) is 0 Å². The van der Waals surface area contributed by atoms with E-state index in [2.05, 4.69) is 21.2 Å². The first-order valence-corrected chi connectivity index (χ1v) is 11.9. The largest absolute Gasteiger partial charge is 0.503 e. The predicted molar refractivity (Wildman–Crippen MR) is 139 cm³/mol. The standard InChI is InChI=1S/C25H29ClN4O8/c1-5-37-18-10-15(22-21(24(33)36-4)13(2)28-25(34)29-22)6-7-17(18)38-12-20(31)30-27-11-14-8-16(26)23(32)19(9-14)35-3/h6-11,20,22,30-32H,5,12H2,1-4H3,(H2,28,29,34)/b27-11-/t20-,22+/m0/s1. The lowest BCUT2D eigenvalue weighted by atomic mass is 9.95. The molecule has 1 heterocycles. The molecule has 13 heteroatoms. The molecule has 0 aliphatic carbocycles. The van der Waals surface area contributed by atoms with Crippen LogP contribution in [0.5, 0.6) is 23.0 Å². The number of hydrogen-bond donors (Lipinski definition) is 5. The van der Waals surface area contributed by atoms with Crippen LogP contribution in [0.25, 0.3) is 0 Å². The Kier molecular flexibility index (Phi) is 9.63. The van der Waals surface area contributed by atoms with E-state index in [1.807, 2.05) is 0 Å². The van der Waals surface area contributed by atoms with Crippen LogP contribution >= 0.6 is 11.6 Å². The number of esters is 1. The second-order valence-corrected chi connectivity index (χ2v) is 8.38. The van der Waals surface area contributed by atoms with Crippen LogP contribution in [0.15, 0.2) is 46.7 Å². The maximum atomic E-state index is 12.4. The first kappa shape index (κ1) is 28.4. The fraction of sp³-hybridized carbons (Fsp3) is 0.320. The lowest BCUT2D eigenvalue weighted by Gasteiger charge is -2.28. The van der Waals surface area contributed by atoms with Gasteiger partial charge in [0.1, 0.15) is 6.61 Å². The van der Waals surface area contributed by atoms with Crippen LogP contribution in [-0.4, -0.2) is 62.1 Å². The minimum atomic E-state index is -1.19. The van der Waals surface area contributed by atoms with E-state index in [4.69, 9.17) is 30.5 Å². The topological polar surface area (TPSA) is 160 Å². The highest BCUT2D eigenvalue weighted by Crippen LogP contribution is 2.35. The number of rotatable bonds is 11. The summed E-state index contributed by atoms with van der Waals surface area (Å²) in [5.74, 6) is 0.0977. The Bertz CT molecular complexity index is 1250. The molecule has 0 saturated heterocycles. The first-order valence-electron chi connectivity index (χ1n) is 11.5. The number of hydrazone groups is 1.